The minimum atomic E-state index is -0.235. The van der Waals surface area contributed by atoms with Gasteiger partial charge in [0.15, 0.2) is 5.11 Å². The number of carbonyl (C=O) groups excluding carboxylic acids is 1. The van der Waals surface area contributed by atoms with Crippen LogP contribution in [0.5, 0.6) is 0 Å². The lowest BCUT2D eigenvalue weighted by Crippen LogP contribution is -2.46. The fraction of sp³-hybridized carbons (Fsp3) is 0.350. The first-order chi connectivity index (χ1) is 12.7. The minimum absolute atomic E-state index is 0.000769. The van der Waals surface area contributed by atoms with Crippen molar-refractivity contribution in [2.75, 3.05) is 20.1 Å². The smallest absolute Gasteiger partial charge is 0.224 e. The van der Waals surface area contributed by atoms with Crippen LogP contribution in [0, 0.1) is 5.92 Å². The normalized spacial score (nSPS) is 16.0. The van der Waals surface area contributed by atoms with Crippen LogP contribution in [-0.2, 0) is 4.79 Å². The SMILES string of the molecule is CNC(=S)N1CCC(C(=O)NC(c2ccccc2)c2ccccn2)CC1. The second kappa shape index (κ2) is 8.76. The molecule has 2 heterocycles. The van der Waals surface area contributed by atoms with E-state index in [1.165, 1.54) is 0 Å². The van der Waals surface area contributed by atoms with E-state index >= 15 is 0 Å². The Bertz CT molecular complexity index is 690. The van der Waals surface area contributed by atoms with Crippen molar-refractivity contribution in [3.63, 3.8) is 0 Å². The Morgan fingerprint density at radius 1 is 1.15 bits per heavy atom. The molecule has 6 heteroatoms. The van der Waals surface area contributed by atoms with Crippen molar-refractivity contribution in [1.82, 2.24) is 20.5 Å². The van der Waals surface area contributed by atoms with E-state index in [2.05, 4.69) is 20.5 Å². The zero-order chi connectivity index (χ0) is 18.4. The minimum Gasteiger partial charge on any atom is -0.366 e. The van der Waals surface area contributed by atoms with Gasteiger partial charge in [-0.2, -0.15) is 0 Å². The van der Waals surface area contributed by atoms with Crippen LogP contribution in [0.1, 0.15) is 30.1 Å². The van der Waals surface area contributed by atoms with Gasteiger partial charge in [0.1, 0.15) is 0 Å². The van der Waals surface area contributed by atoms with Gasteiger partial charge in [-0.3, -0.25) is 9.78 Å². The summed E-state index contributed by atoms with van der Waals surface area (Å²) in [6, 6.07) is 15.5. The van der Waals surface area contributed by atoms with Gasteiger partial charge in [-0.15, -0.1) is 0 Å². The molecule has 3 rings (SSSR count). The van der Waals surface area contributed by atoms with Crippen LogP contribution < -0.4 is 10.6 Å². The molecule has 1 saturated heterocycles. The average Bonchev–Trinajstić information content (AvgIpc) is 2.72. The van der Waals surface area contributed by atoms with Crippen molar-refractivity contribution in [2.45, 2.75) is 18.9 Å². The Labute approximate surface area is 159 Å². The van der Waals surface area contributed by atoms with E-state index in [9.17, 15) is 4.79 Å². The second-order valence-electron chi connectivity index (χ2n) is 6.42. The number of likely N-dealkylation sites (tertiary alicyclic amines) is 1. The lowest BCUT2D eigenvalue weighted by molar-refractivity contribution is -0.126. The van der Waals surface area contributed by atoms with E-state index in [-0.39, 0.29) is 17.9 Å². The molecule has 1 atom stereocenters. The molecule has 1 aromatic heterocycles. The van der Waals surface area contributed by atoms with E-state index in [4.69, 9.17) is 12.2 Å². The average molecular weight is 369 g/mol. The predicted octanol–water partition coefficient (Wildman–Crippen LogP) is 2.50. The van der Waals surface area contributed by atoms with Gasteiger partial charge < -0.3 is 15.5 Å². The van der Waals surface area contributed by atoms with Crippen LogP contribution in [-0.4, -0.2) is 41.0 Å². The number of nitrogens with zero attached hydrogens (tertiary/aromatic N) is 2. The van der Waals surface area contributed by atoms with Crippen molar-refractivity contribution in [2.24, 2.45) is 5.92 Å². The fourth-order valence-electron chi connectivity index (χ4n) is 3.28. The Kier molecular flexibility index (Phi) is 6.17. The van der Waals surface area contributed by atoms with Gasteiger partial charge in [0.05, 0.1) is 11.7 Å². The molecule has 1 aliphatic heterocycles. The van der Waals surface area contributed by atoms with Crippen LogP contribution >= 0.6 is 12.2 Å². The van der Waals surface area contributed by atoms with Gasteiger partial charge in [-0.25, -0.2) is 0 Å². The molecule has 0 saturated carbocycles. The number of hydrogen-bond donors (Lipinski definition) is 2. The molecule has 1 fully saturated rings. The molecule has 0 bridgehead atoms. The number of thiocarbonyl (C=S) groups is 1. The van der Waals surface area contributed by atoms with E-state index in [1.54, 1.807) is 6.20 Å². The number of carbonyl (C=O) groups is 1. The van der Waals surface area contributed by atoms with Crippen LogP contribution in [0.4, 0.5) is 0 Å². The fourth-order valence-corrected chi connectivity index (χ4v) is 3.47. The van der Waals surface area contributed by atoms with Gasteiger partial charge >= 0.3 is 0 Å². The molecular weight excluding hydrogens is 344 g/mol. The molecule has 2 N–H and O–H groups in total. The molecule has 1 unspecified atom stereocenters. The zero-order valence-corrected chi connectivity index (χ0v) is 15.7. The van der Waals surface area contributed by atoms with Gasteiger partial charge in [-0.05, 0) is 42.8 Å². The Morgan fingerprint density at radius 2 is 1.85 bits per heavy atom. The molecule has 1 amide bonds. The third kappa shape index (κ3) is 4.38. The first kappa shape index (κ1) is 18.3. The predicted molar refractivity (Wildman–Crippen MR) is 107 cm³/mol. The third-order valence-electron chi connectivity index (χ3n) is 4.77. The molecular formula is C20H24N4OS. The van der Waals surface area contributed by atoms with Crippen molar-refractivity contribution in [3.05, 3.63) is 66.0 Å². The molecule has 26 heavy (non-hydrogen) atoms. The maximum Gasteiger partial charge on any atom is 0.224 e. The highest BCUT2D eigenvalue weighted by Gasteiger charge is 2.28. The molecule has 5 nitrogen and oxygen atoms in total. The highest BCUT2D eigenvalue weighted by Crippen LogP contribution is 2.23. The highest BCUT2D eigenvalue weighted by atomic mass is 32.1. The third-order valence-corrected chi connectivity index (χ3v) is 5.23. The van der Waals surface area contributed by atoms with Gasteiger partial charge in [0, 0.05) is 32.3 Å². The van der Waals surface area contributed by atoms with Crippen molar-refractivity contribution in [1.29, 1.82) is 0 Å². The first-order valence-corrected chi connectivity index (χ1v) is 9.32. The molecule has 0 aliphatic carbocycles. The van der Waals surface area contributed by atoms with Gasteiger partial charge in [-0.1, -0.05) is 36.4 Å². The summed E-state index contributed by atoms with van der Waals surface area (Å²) in [5, 5.41) is 6.96. The molecule has 2 aromatic rings. The number of benzene rings is 1. The van der Waals surface area contributed by atoms with Crippen LogP contribution in [0.25, 0.3) is 0 Å². The van der Waals surface area contributed by atoms with E-state index < -0.39 is 0 Å². The van der Waals surface area contributed by atoms with Gasteiger partial charge in [0.2, 0.25) is 5.91 Å². The summed E-state index contributed by atoms with van der Waals surface area (Å²) in [4.78, 5) is 19.5. The highest BCUT2D eigenvalue weighted by molar-refractivity contribution is 7.80. The van der Waals surface area contributed by atoms with E-state index in [0.717, 1.165) is 42.3 Å². The summed E-state index contributed by atoms with van der Waals surface area (Å²) in [5.41, 5.74) is 1.88. The lowest BCUT2D eigenvalue weighted by atomic mass is 9.94. The summed E-state index contributed by atoms with van der Waals surface area (Å²) in [6.07, 6.45) is 3.36. The maximum absolute atomic E-state index is 12.9. The van der Waals surface area contributed by atoms with E-state index in [0.29, 0.717) is 0 Å². The molecule has 0 radical (unpaired) electrons. The van der Waals surface area contributed by atoms with E-state index in [1.807, 2.05) is 55.6 Å². The molecule has 1 aliphatic rings. The summed E-state index contributed by atoms with van der Waals surface area (Å²) >= 11 is 5.28. The van der Waals surface area contributed by atoms with Gasteiger partial charge in [0.25, 0.3) is 0 Å². The van der Waals surface area contributed by atoms with Crippen LogP contribution in [0.15, 0.2) is 54.7 Å². The number of piperidine rings is 1. The zero-order valence-electron chi connectivity index (χ0n) is 14.9. The summed E-state index contributed by atoms with van der Waals surface area (Å²) in [7, 11) is 1.83. The number of pyridine rings is 1. The monoisotopic (exact) mass is 368 g/mol. The summed E-state index contributed by atoms with van der Waals surface area (Å²) in [6.45, 7) is 1.61. The number of amides is 1. The summed E-state index contributed by atoms with van der Waals surface area (Å²) < 4.78 is 0. The lowest BCUT2D eigenvalue weighted by Gasteiger charge is -2.33. The Morgan fingerprint density at radius 3 is 2.46 bits per heavy atom. The largest absolute Gasteiger partial charge is 0.366 e. The maximum atomic E-state index is 12.9. The molecule has 136 valence electrons. The number of aromatic nitrogens is 1. The summed E-state index contributed by atoms with van der Waals surface area (Å²) in [5.74, 6) is 0.0837. The Balaban J connectivity index is 1.70. The van der Waals surface area contributed by atoms with Crippen molar-refractivity contribution < 1.29 is 4.79 Å². The molecule has 1 aromatic carbocycles. The number of rotatable bonds is 4. The number of nitrogens with one attached hydrogen (secondary N) is 2. The second-order valence-corrected chi connectivity index (χ2v) is 6.81. The number of hydrogen-bond acceptors (Lipinski definition) is 3. The van der Waals surface area contributed by atoms with Crippen molar-refractivity contribution in [3.8, 4) is 0 Å². The standard InChI is InChI=1S/C20H24N4OS/c1-21-20(26)24-13-10-16(11-14-24)19(25)23-18(15-7-3-2-4-8-15)17-9-5-6-12-22-17/h2-9,12,16,18H,10-11,13-14H2,1H3,(H,21,26)(H,23,25). The topological polar surface area (TPSA) is 57.3 Å². The van der Waals surface area contributed by atoms with Crippen LogP contribution in [0.2, 0.25) is 0 Å². The molecule has 0 spiro atoms. The van der Waals surface area contributed by atoms with Crippen LogP contribution in [0.3, 0.4) is 0 Å². The Hall–Kier alpha value is -2.47. The first-order valence-electron chi connectivity index (χ1n) is 8.92. The quantitative estimate of drug-likeness (QED) is 0.812. The van der Waals surface area contributed by atoms with Crippen molar-refractivity contribution >= 4 is 23.2 Å².